The molecule has 4 atom stereocenters. The number of likely N-dealkylation sites (tertiary alicyclic amines) is 2. The summed E-state index contributed by atoms with van der Waals surface area (Å²) in [6.07, 6.45) is 8.94. The molecule has 7 nitrogen and oxygen atoms in total. The van der Waals surface area contributed by atoms with Crippen LogP contribution in [0.3, 0.4) is 0 Å². The molecule has 1 aliphatic carbocycles. The van der Waals surface area contributed by atoms with E-state index in [1.807, 2.05) is 0 Å². The van der Waals surface area contributed by atoms with Crippen molar-refractivity contribution >= 4 is 11.8 Å². The second-order valence-corrected chi connectivity index (χ2v) is 9.22. The zero-order valence-corrected chi connectivity index (χ0v) is 17.2. The van der Waals surface area contributed by atoms with Crippen LogP contribution in [0.25, 0.3) is 0 Å². The van der Waals surface area contributed by atoms with Gasteiger partial charge in [-0.3, -0.25) is 19.4 Å². The van der Waals surface area contributed by atoms with E-state index in [1.165, 1.54) is 32.1 Å². The number of β-amino-alcohol motifs (C(OH)–C–C–N with tert-alkyl or cyclic N) is 1. The summed E-state index contributed by atoms with van der Waals surface area (Å²) >= 11 is 0. The molecular formula is C21H36N4O3. The predicted octanol–water partition coefficient (Wildman–Crippen LogP) is 0.566. The zero-order chi connectivity index (χ0) is 19.7. The fraction of sp³-hybridized carbons (Fsp3) is 0.905. The topological polar surface area (TPSA) is 76.1 Å². The standard InChI is InChI=1S/C21H36N4O3/c1-23-16(7-8-19(27)24-11-9-17(26)14-24)13-22-21(28)20-18(23)10-12-25(20)15-5-3-2-4-6-15/h15-18,20,26H,2-14H2,1H3,(H,22,28). The molecule has 7 heteroatoms. The Morgan fingerprint density at radius 3 is 2.64 bits per heavy atom. The van der Waals surface area contributed by atoms with Gasteiger partial charge in [0.15, 0.2) is 0 Å². The molecule has 0 aromatic heterocycles. The lowest BCUT2D eigenvalue weighted by atomic mass is 9.93. The van der Waals surface area contributed by atoms with Crippen LogP contribution in [-0.4, -0.2) is 95.1 Å². The Balaban J connectivity index is 1.37. The highest BCUT2D eigenvalue weighted by Crippen LogP contribution is 2.33. The SMILES string of the molecule is CN1C(CCC(=O)N2CCC(O)C2)CNC(=O)C2C1CCN2C1CCCCC1. The van der Waals surface area contributed by atoms with E-state index in [2.05, 4.69) is 22.2 Å². The van der Waals surface area contributed by atoms with Crippen molar-refractivity contribution < 1.29 is 14.7 Å². The molecule has 0 spiro atoms. The summed E-state index contributed by atoms with van der Waals surface area (Å²) < 4.78 is 0. The number of likely N-dealkylation sites (N-methyl/N-ethyl adjacent to an activating group) is 1. The van der Waals surface area contributed by atoms with Gasteiger partial charge in [0.2, 0.25) is 11.8 Å². The number of aliphatic hydroxyl groups is 1. The van der Waals surface area contributed by atoms with E-state index in [1.54, 1.807) is 4.90 Å². The predicted molar refractivity (Wildman–Crippen MR) is 107 cm³/mol. The number of aliphatic hydroxyl groups excluding tert-OH is 1. The monoisotopic (exact) mass is 392 g/mol. The van der Waals surface area contributed by atoms with Gasteiger partial charge < -0.3 is 15.3 Å². The van der Waals surface area contributed by atoms with Crippen LogP contribution in [0.2, 0.25) is 0 Å². The highest BCUT2D eigenvalue weighted by molar-refractivity contribution is 5.83. The van der Waals surface area contributed by atoms with Gasteiger partial charge in [0.05, 0.1) is 6.10 Å². The average molecular weight is 393 g/mol. The molecule has 158 valence electrons. The van der Waals surface area contributed by atoms with Crippen LogP contribution in [0.15, 0.2) is 0 Å². The van der Waals surface area contributed by atoms with E-state index in [9.17, 15) is 14.7 Å². The van der Waals surface area contributed by atoms with Gasteiger partial charge in [-0.1, -0.05) is 19.3 Å². The van der Waals surface area contributed by atoms with Crippen molar-refractivity contribution in [3.63, 3.8) is 0 Å². The third kappa shape index (κ3) is 4.07. The maximum absolute atomic E-state index is 12.9. The smallest absolute Gasteiger partial charge is 0.239 e. The molecule has 0 bridgehead atoms. The minimum Gasteiger partial charge on any atom is -0.391 e. The summed E-state index contributed by atoms with van der Waals surface area (Å²) in [5, 5.41) is 12.8. The van der Waals surface area contributed by atoms with Gasteiger partial charge >= 0.3 is 0 Å². The molecule has 3 saturated heterocycles. The molecular weight excluding hydrogens is 356 g/mol. The van der Waals surface area contributed by atoms with Crippen LogP contribution in [-0.2, 0) is 9.59 Å². The average Bonchev–Trinajstić information content (AvgIpc) is 3.32. The number of hydrogen-bond acceptors (Lipinski definition) is 5. The van der Waals surface area contributed by atoms with E-state index in [0.717, 1.165) is 19.4 Å². The van der Waals surface area contributed by atoms with Gasteiger partial charge in [-0.05, 0) is 39.2 Å². The van der Waals surface area contributed by atoms with Gasteiger partial charge in [0, 0.05) is 50.7 Å². The van der Waals surface area contributed by atoms with Crippen LogP contribution < -0.4 is 5.32 Å². The molecule has 0 radical (unpaired) electrons. The number of nitrogens with zero attached hydrogens (tertiary/aromatic N) is 3. The Bertz CT molecular complexity index is 580. The lowest BCUT2D eigenvalue weighted by Gasteiger charge is -2.37. The van der Waals surface area contributed by atoms with E-state index in [4.69, 9.17) is 0 Å². The third-order valence-electron chi connectivity index (χ3n) is 7.54. The van der Waals surface area contributed by atoms with Crippen LogP contribution >= 0.6 is 0 Å². The highest BCUT2D eigenvalue weighted by atomic mass is 16.3. The summed E-state index contributed by atoms with van der Waals surface area (Å²) in [7, 11) is 2.14. The van der Waals surface area contributed by atoms with Crippen molar-refractivity contribution in [1.29, 1.82) is 0 Å². The first-order valence-corrected chi connectivity index (χ1v) is 11.3. The van der Waals surface area contributed by atoms with Crippen LogP contribution in [0.1, 0.15) is 57.8 Å². The first-order valence-electron chi connectivity index (χ1n) is 11.3. The highest BCUT2D eigenvalue weighted by Gasteiger charge is 2.47. The Morgan fingerprint density at radius 1 is 1.14 bits per heavy atom. The van der Waals surface area contributed by atoms with E-state index in [-0.39, 0.29) is 36.0 Å². The van der Waals surface area contributed by atoms with Gasteiger partial charge in [-0.25, -0.2) is 0 Å². The molecule has 3 heterocycles. The summed E-state index contributed by atoms with van der Waals surface area (Å²) in [5.74, 6) is 0.309. The van der Waals surface area contributed by atoms with Crippen molar-refractivity contribution in [2.24, 2.45) is 0 Å². The van der Waals surface area contributed by atoms with Crippen LogP contribution in [0, 0.1) is 0 Å². The van der Waals surface area contributed by atoms with Gasteiger partial charge in [-0.15, -0.1) is 0 Å². The quantitative estimate of drug-likeness (QED) is 0.731. The molecule has 4 aliphatic rings. The number of carbonyl (C=O) groups excluding carboxylic acids is 2. The fourth-order valence-electron chi connectivity index (χ4n) is 5.83. The summed E-state index contributed by atoms with van der Waals surface area (Å²) in [5.41, 5.74) is 0. The van der Waals surface area contributed by atoms with Crippen LogP contribution in [0.5, 0.6) is 0 Å². The molecule has 28 heavy (non-hydrogen) atoms. The van der Waals surface area contributed by atoms with Gasteiger partial charge in [0.1, 0.15) is 6.04 Å². The summed E-state index contributed by atoms with van der Waals surface area (Å²) in [6, 6.07) is 0.963. The first kappa shape index (κ1) is 20.1. The third-order valence-corrected chi connectivity index (χ3v) is 7.54. The van der Waals surface area contributed by atoms with Gasteiger partial charge in [0.25, 0.3) is 0 Å². The van der Waals surface area contributed by atoms with Crippen LogP contribution in [0.4, 0.5) is 0 Å². The number of rotatable bonds is 4. The molecule has 2 N–H and O–H groups in total. The Morgan fingerprint density at radius 2 is 1.93 bits per heavy atom. The van der Waals surface area contributed by atoms with Gasteiger partial charge in [-0.2, -0.15) is 0 Å². The lowest BCUT2D eigenvalue weighted by molar-refractivity contribution is -0.131. The molecule has 1 saturated carbocycles. The summed E-state index contributed by atoms with van der Waals surface area (Å²) in [6.45, 7) is 2.77. The van der Waals surface area contributed by atoms with E-state index >= 15 is 0 Å². The fourth-order valence-corrected chi connectivity index (χ4v) is 5.83. The normalized spacial score (nSPS) is 35.6. The maximum Gasteiger partial charge on any atom is 0.239 e. The van der Waals surface area contributed by atoms with Crippen molar-refractivity contribution in [2.45, 2.75) is 88.1 Å². The molecule has 2 amide bonds. The maximum atomic E-state index is 12.9. The molecule has 3 aliphatic heterocycles. The minimum absolute atomic E-state index is 0.0393. The van der Waals surface area contributed by atoms with Crippen molar-refractivity contribution in [2.75, 3.05) is 33.2 Å². The molecule has 4 unspecified atom stereocenters. The molecule has 0 aromatic rings. The Labute approximate surface area is 168 Å². The minimum atomic E-state index is -0.367. The number of carbonyl (C=O) groups is 2. The molecule has 4 fully saturated rings. The summed E-state index contributed by atoms with van der Waals surface area (Å²) in [4.78, 5) is 32.1. The van der Waals surface area contributed by atoms with E-state index in [0.29, 0.717) is 38.5 Å². The number of hydrogen-bond donors (Lipinski definition) is 2. The largest absolute Gasteiger partial charge is 0.391 e. The second-order valence-electron chi connectivity index (χ2n) is 9.22. The lowest BCUT2D eigenvalue weighted by Crippen LogP contribution is -2.53. The number of fused-ring (bicyclic) bond motifs is 1. The number of amides is 2. The van der Waals surface area contributed by atoms with Crippen molar-refractivity contribution in [1.82, 2.24) is 20.0 Å². The Kier molecular flexibility index (Phi) is 6.23. The molecule has 4 rings (SSSR count). The van der Waals surface area contributed by atoms with Crippen molar-refractivity contribution in [3.8, 4) is 0 Å². The number of nitrogens with one attached hydrogen (secondary N) is 1. The first-order chi connectivity index (χ1) is 13.5. The Hall–Kier alpha value is -1.18. The van der Waals surface area contributed by atoms with Crippen molar-refractivity contribution in [3.05, 3.63) is 0 Å². The molecule has 0 aromatic carbocycles. The van der Waals surface area contributed by atoms with E-state index < -0.39 is 0 Å². The second kappa shape index (κ2) is 8.67. The zero-order valence-electron chi connectivity index (χ0n) is 17.2.